The molecule has 1 aliphatic rings. The van der Waals surface area contributed by atoms with E-state index in [2.05, 4.69) is 15.0 Å². The van der Waals surface area contributed by atoms with Gasteiger partial charge in [-0.2, -0.15) is 0 Å². The van der Waals surface area contributed by atoms with Crippen LogP contribution < -0.4 is 14.8 Å². The SMILES string of the molecule is CC1(CNC(=O)OCc2ccc(OC(F)(F)F)cc2)Cn2cc([N+](=O)[O-])nc2O1. The Hall–Kier alpha value is -3.51. The summed E-state index contributed by atoms with van der Waals surface area (Å²) in [6.07, 6.45) is -4.30. The van der Waals surface area contributed by atoms with Gasteiger partial charge in [0.15, 0.2) is 0 Å². The molecular formula is C16H15F3N4O6. The lowest BCUT2D eigenvalue weighted by atomic mass is 10.1. The molecule has 0 radical (unpaired) electrons. The third kappa shape index (κ3) is 5.27. The van der Waals surface area contributed by atoms with Gasteiger partial charge in [-0.15, -0.1) is 13.2 Å². The smallest absolute Gasteiger partial charge is 0.445 e. The van der Waals surface area contributed by atoms with E-state index in [-0.39, 0.29) is 37.3 Å². The Kier molecular flexibility index (Phi) is 5.22. The fourth-order valence-corrected chi connectivity index (χ4v) is 2.62. The first kappa shape index (κ1) is 20.2. The molecule has 0 bridgehead atoms. The van der Waals surface area contributed by atoms with E-state index in [9.17, 15) is 28.1 Å². The van der Waals surface area contributed by atoms with E-state index in [1.165, 1.54) is 22.9 Å². The first-order chi connectivity index (χ1) is 13.5. The average Bonchev–Trinajstić information content (AvgIpc) is 3.13. The minimum Gasteiger partial charge on any atom is -0.445 e. The third-order valence-electron chi connectivity index (χ3n) is 3.89. The Balaban J connectivity index is 1.44. The number of alkyl halides is 3. The highest BCUT2D eigenvalue weighted by Gasteiger charge is 2.40. The fourth-order valence-electron chi connectivity index (χ4n) is 2.62. The molecule has 2 heterocycles. The maximum atomic E-state index is 12.1. The van der Waals surface area contributed by atoms with Gasteiger partial charge in [-0.25, -0.2) is 4.79 Å². The maximum Gasteiger partial charge on any atom is 0.573 e. The second kappa shape index (κ2) is 7.48. The zero-order valence-electron chi connectivity index (χ0n) is 14.9. The van der Waals surface area contributed by atoms with Crippen LogP contribution in [0.25, 0.3) is 0 Å². The quantitative estimate of drug-likeness (QED) is 0.568. The Bertz CT molecular complexity index is 889. The molecule has 0 saturated heterocycles. The molecule has 156 valence electrons. The normalized spacial score (nSPS) is 17.9. The molecule has 1 N–H and O–H groups in total. The number of fused-ring (bicyclic) bond motifs is 1. The van der Waals surface area contributed by atoms with Crippen LogP contribution in [-0.4, -0.2) is 39.1 Å². The second-order valence-electron chi connectivity index (χ2n) is 6.44. The molecule has 10 nitrogen and oxygen atoms in total. The molecule has 1 aliphatic heterocycles. The van der Waals surface area contributed by atoms with E-state index in [4.69, 9.17) is 9.47 Å². The van der Waals surface area contributed by atoms with Crippen LogP contribution in [0.5, 0.6) is 11.8 Å². The lowest BCUT2D eigenvalue weighted by molar-refractivity contribution is -0.389. The molecule has 1 unspecified atom stereocenters. The highest BCUT2D eigenvalue weighted by Crippen LogP contribution is 2.30. The van der Waals surface area contributed by atoms with Gasteiger partial charge < -0.3 is 29.6 Å². The molecule has 1 aromatic heterocycles. The summed E-state index contributed by atoms with van der Waals surface area (Å²) >= 11 is 0. The van der Waals surface area contributed by atoms with E-state index in [0.717, 1.165) is 12.1 Å². The lowest BCUT2D eigenvalue weighted by Crippen LogP contribution is -2.44. The number of ether oxygens (including phenoxy) is 3. The minimum atomic E-state index is -4.78. The molecule has 1 aromatic carbocycles. The number of hydrogen-bond acceptors (Lipinski definition) is 7. The van der Waals surface area contributed by atoms with Gasteiger partial charge in [0.2, 0.25) is 0 Å². The summed E-state index contributed by atoms with van der Waals surface area (Å²) < 4.78 is 52.1. The van der Waals surface area contributed by atoms with Crippen LogP contribution in [0.15, 0.2) is 30.5 Å². The summed E-state index contributed by atoms with van der Waals surface area (Å²) in [5.74, 6) is -0.712. The van der Waals surface area contributed by atoms with Crippen molar-refractivity contribution in [1.82, 2.24) is 14.9 Å². The monoisotopic (exact) mass is 416 g/mol. The predicted octanol–water partition coefficient (Wildman–Crippen LogP) is 2.77. The summed E-state index contributed by atoms with van der Waals surface area (Å²) in [6, 6.07) is 4.97. The Labute approximate surface area is 161 Å². The lowest BCUT2D eigenvalue weighted by Gasteiger charge is -2.22. The van der Waals surface area contributed by atoms with E-state index in [1.807, 2.05) is 0 Å². The molecule has 1 atom stereocenters. The number of halogens is 3. The number of nitrogens with zero attached hydrogens (tertiary/aromatic N) is 3. The number of nitro groups is 1. The largest absolute Gasteiger partial charge is 0.573 e. The minimum absolute atomic E-state index is 0.0430. The summed E-state index contributed by atoms with van der Waals surface area (Å²) in [6.45, 7) is 1.81. The van der Waals surface area contributed by atoms with Crippen molar-refractivity contribution in [3.05, 3.63) is 46.1 Å². The molecule has 1 amide bonds. The van der Waals surface area contributed by atoms with E-state index in [1.54, 1.807) is 6.92 Å². The highest BCUT2D eigenvalue weighted by molar-refractivity contribution is 5.67. The first-order valence-corrected chi connectivity index (χ1v) is 8.19. The average molecular weight is 416 g/mol. The van der Waals surface area contributed by atoms with E-state index in [0.29, 0.717) is 5.56 Å². The molecule has 0 saturated carbocycles. The number of rotatable bonds is 6. The van der Waals surface area contributed by atoms with Crippen molar-refractivity contribution in [2.75, 3.05) is 6.54 Å². The van der Waals surface area contributed by atoms with Gasteiger partial charge in [0.1, 0.15) is 24.2 Å². The number of amides is 1. The van der Waals surface area contributed by atoms with Crippen molar-refractivity contribution in [1.29, 1.82) is 0 Å². The number of aromatic nitrogens is 2. The first-order valence-electron chi connectivity index (χ1n) is 8.19. The predicted molar refractivity (Wildman–Crippen MR) is 89.2 cm³/mol. The molecule has 3 rings (SSSR count). The van der Waals surface area contributed by atoms with Crippen molar-refractivity contribution in [2.45, 2.75) is 32.0 Å². The van der Waals surface area contributed by atoms with Crippen LogP contribution >= 0.6 is 0 Å². The number of alkyl carbamates (subject to hydrolysis) is 1. The molecule has 13 heteroatoms. The van der Waals surface area contributed by atoms with Gasteiger partial charge in [0.25, 0.3) is 0 Å². The Morgan fingerprint density at radius 1 is 1.41 bits per heavy atom. The van der Waals surface area contributed by atoms with Crippen molar-refractivity contribution < 1.29 is 37.1 Å². The van der Waals surface area contributed by atoms with E-state index < -0.39 is 23.0 Å². The van der Waals surface area contributed by atoms with Crippen molar-refractivity contribution in [3.8, 4) is 11.8 Å². The number of imidazole rings is 1. The topological polar surface area (TPSA) is 118 Å². The van der Waals surface area contributed by atoms with Gasteiger partial charge in [-0.05, 0) is 29.5 Å². The van der Waals surface area contributed by atoms with Crippen LogP contribution in [0.2, 0.25) is 0 Å². The summed E-state index contributed by atoms with van der Waals surface area (Å²) in [7, 11) is 0. The van der Waals surface area contributed by atoms with E-state index >= 15 is 0 Å². The zero-order chi connectivity index (χ0) is 21.2. The van der Waals surface area contributed by atoms with Gasteiger partial charge >= 0.3 is 24.3 Å². The number of benzene rings is 1. The summed E-state index contributed by atoms with van der Waals surface area (Å²) in [4.78, 5) is 25.6. The van der Waals surface area contributed by atoms with Gasteiger partial charge in [0, 0.05) is 4.98 Å². The van der Waals surface area contributed by atoms with Crippen LogP contribution in [0.1, 0.15) is 12.5 Å². The Morgan fingerprint density at radius 3 is 2.69 bits per heavy atom. The van der Waals surface area contributed by atoms with Crippen LogP contribution in [-0.2, 0) is 17.9 Å². The number of nitrogens with one attached hydrogen (secondary N) is 1. The number of carbonyl (C=O) groups is 1. The fraction of sp³-hybridized carbons (Fsp3) is 0.375. The third-order valence-corrected chi connectivity index (χ3v) is 3.89. The molecule has 29 heavy (non-hydrogen) atoms. The van der Waals surface area contributed by atoms with Crippen LogP contribution in [0.4, 0.5) is 23.8 Å². The van der Waals surface area contributed by atoms with Crippen LogP contribution in [0, 0.1) is 10.1 Å². The second-order valence-corrected chi connectivity index (χ2v) is 6.44. The van der Waals surface area contributed by atoms with Crippen molar-refractivity contribution in [2.24, 2.45) is 0 Å². The summed E-state index contributed by atoms with van der Waals surface area (Å²) in [5, 5.41) is 13.2. The number of carbonyl (C=O) groups excluding carboxylic acids is 1. The number of hydrogen-bond donors (Lipinski definition) is 1. The van der Waals surface area contributed by atoms with Gasteiger partial charge in [0.05, 0.1) is 13.1 Å². The standard InChI is InChI=1S/C16H15F3N4O6/c1-15(9-22-6-12(23(25)26)21-13(22)29-15)8-20-14(24)27-7-10-2-4-11(5-3-10)28-16(17,18)19/h2-6H,7-9H2,1H3,(H,20,24). The maximum absolute atomic E-state index is 12.1. The molecule has 0 spiro atoms. The van der Waals surface area contributed by atoms with Gasteiger partial charge in [-0.1, -0.05) is 12.1 Å². The zero-order valence-corrected chi connectivity index (χ0v) is 14.9. The Morgan fingerprint density at radius 2 is 2.10 bits per heavy atom. The van der Waals surface area contributed by atoms with Crippen molar-refractivity contribution >= 4 is 11.9 Å². The highest BCUT2D eigenvalue weighted by atomic mass is 19.4. The van der Waals surface area contributed by atoms with Crippen molar-refractivity contribution in [3.63, 3.8) is 0 Å². The molecule has 2 aromatic rings. The molecule has 0 aliphatic carbocycles. The summed E-state index contributed by atoms with van der Waals surface area (Å²) in [5.41, 5.74) is -0.405. The van der Waals surface area contributed by atoms with Crippen LogP contribution in [0.3, 0.4) is 0 Å². The van der Waals surface area contributed by atoms with Gasteiger partial charge in [-0.3, -0.25) is 4.57 Å². The molecule has 0 fully saturated rings. The molecular weight excluding hydrogens is 401 g/mol.